The van der Waals surface area contributed by atoms with Crippen LogP contribution in [0.5, 0.6) is 0 Å². The van der Waals surface area contributed by atoms with Gasteiger partial charge in [-0.2, -0.15) is 5.10 Å². The standard InChI is InChI=1S/C24H27N7O3/c1-15(17-7-5-4-6-8-17)27-24(34)31-21(23(33)30(3)20-10-12-29(2)28-20)18(22(31)32)13-16-9-11-26-19(25)14-16/h4-12,14-15,18,21H,13H2,1-3H3,(H2,25,26)(H,27,34)/t15-,18-,21+/m1/s1. The zero-order valence-electron chi connectivity index (χ0n) is 19.3. The number of nitrogens with zero attached hydrogens (tertiary/aromatic N) is 5. The number of likely N-dealkylation sites (N-methyl/N-ethyl adjacent to an activating group) is 1. The van der Waals surface area contributed by atoms with E-state index in [1.165, 1.54) is 4.90 Å². The Morgan fingerprint density at radius 1 is 1.21 bits per heavy atom. The van der Waals surface area contributed by atoms with Crippen LogP contribution in [0.4, 0.5) is 16.4 Å². The lowest BCUT2D eigenvalue weighted by atomic mass is 9.81. The Hall–Kier alpha value is -4.21. The lowest BCUT2D eigenvalue weighted by Gasteiger charge is -2.45. The van der Waals surface area contributed by atoms with E-state index in [9.17, 15) is 14.4 Å². The molecule has 3 N–H and O–H groups in total. The number of rotatable bonds is 6. The van der Waals surface area contributed by atoms with Gasteiger partial charge in [0.15, 0.2) is 5.82 Å². The third-order valence-electron chi connectivity index (χ3n) is 6.00. The average Bonchev–Trinajstić information content (AvgIpc) is 3.26. The molecule has 0 aliphatic carbocycles. The quantitative estimate of drug-likeness (QED) is 0.540. The molecule has 176 valence electrons. The maximum Gasteiger partial charge on any atom is 0.325 e. The van der Waals surface area contributed by atoms with Gasteiger partial charge in [0.05, 0.1) is 12.0 Å². The van der Waals surface area contributed by atoms with Crippen LogP contribution >= 0.6 is 0 Å². The highest BCUT2D eigenvalue weighted by Crippen LogP contribution is 2.33. The van der Waals surface area contributed by atoms with E-state index < -0.39 is 29.8 Å². The molecule has 1 aliphatic heterocycles. The van der Waals surface area contributed by atoms with Crippen molar-refractivity contribution < 1.29 is 14.4 Å². The molecule has 0 radical (unpaired) electrons. The topological polar surface area (TPSA) is 126 Å². The fourth-order valence-corrected chi connectivity index (χ4v) is 4.10. The second-order valence-electron chi connectivity index (χ2n) is 8.38. The van der Waals surface area contributed by atoms with Gasteiger partial charge in [-0.1, -0.05) is 30.3 Å². The van der Waals surface area contributed by atoms with E-state index >= 15 is 0 Å². The maximum absolute atomic E-state index is 13.5. The van der Waals surface area contributed by atoms with Crippen LogP contribution in [0.2, 0.25) is 0 Å². The third-order valence-corrected chi connectivity index (χ3v) is 6.00. The predicted molar refractivity (Wildman–Crippen MR) is 126 cm³/mol. The summed E-state index contributed by atoms with van der Waals surface area (Å²) in [6, 6.07) is 12.6. The number of β-lactam (4-membered cyclic amide) rings is 1. The van der Waals surface area contributed by atoms with Crippen LogP contribution in [0.1, 0.15) is 24.1 Å². The van der Waals surface area contributed by atoms with Crippen molar-refractivity contribution in [1.82, 2.24) is 25.0 Å². The van der Waals surface area contributed by atoms with Crippen LogP contribution < -0.4 is 16.0 Å². The number of nitrogen functional groups attached to an aromatic ring is 1. The summed E-state index contributed by atoms with van der Waals surface area (Å²) in [5.74, 6) is -0.771. The number of aromatic nitrogens is 3. The molecule has 1 aliphatic rings. The van der Waals surface area contributed by atoms with Crippen molar-refractivity contribution in [3.8, 4) is 0 Å². The molecule has 0 spiro atoms. The van der Waals surface area contributed by atoms with Gasteiger partial charge in [0.1, 0.15) is 11.9 Å². The minimum atomic E-state index is -0.975. The number of imide groups is 1. The molecular weight excluding hydrogens is 434 g/mol. The molecule has 0 saturated carbocycles. The number of nitrogens with two attached hydrogens (primary N) is 1. The summed E-state index contributed by atoms with van der Waals surface area (Å²) in [6.45, 7) is 1.82. The number of amides is 4. The van der Waals surface area contributed by atoms with E-state index in [1.54, 1.807) is 49.4 Å². The van der Waals surface area contributed by atoms with Crippen LogP contribution in [0, 0.1) is 5.92 Å². The zero-order valence-corrected chi connectivity index (χ0v) is 19.3. The Balaban J connectivity index is 1.58. The fourth-order valence-electron chi connectivity index (χ4n) is 4.10. The Labute approximate surface area is 197 Å². The summed E-state index contributed by atoms with van der Waals surface area (Å²) >= 11 is 0. The highest BCUT2D eigenvalue weighted by atomic mass is 16.2. The van der Waals surface area contributed by atoms with Crippen LogP contribution in [0.15, 0.2) is 60.9 Å². The minimum Gasteiger partial charge on any atom is -0.384 e. The van der Waals surface area contributed by atoms with E-state index in [-0.39, 0.29) is 12.5 Å². The zero-order chi connectivity index (χ0) is 24.4. The Morgan fingerprint density at radius 2 is 1.94 bits per heavy atom. The van der Waals surface area contributed by atoms with Crippen LogP contribution in [0.25, 0.3) is 0 Å². The molecule has 34 heavy (non-hydrogen) atoms. The van der Waals surface area contributed by atoms with Gasteiger partial charge < -0.3 is 11.1 Å². The Kier molecular flexibility index (Phi) is 6.31. The number of hydrogen-bond acceptors (Lipinski definition) is 6. The van der Waals surface area contributed by atoms with Crippen LogP contribution in [-0.4, -0.2) is 50.6 Å². The molecule has 0 unspecified atom stereocenters. The lowest BCUT2D eigenvalue weighted by molar-refractivity contribution is -0.156. The van der Waals surface area contributed by atoms with Gasteiger partial charge in [-0.3, -0.25) is 24.1 Å². The molecule has 4 rings (SSSR count). The molecule has 1 aromatic carbocycles. The number of urea groups is 1. The SMILES string of the molecule is C[C@@H](NC(=O)N1C(=O)[C@H](Cc2ccnc(N)c2)[C@H]1C(=O)N(C)c1ccn(C)n1)c1ccccc1. The van der Waals surface area contributed by atoms with Crippen molar-refractivity contribution >= 4 is 29.5 Å². The molecule has 4 amide bonds. The number of carbonyl (C=O) groups is 3. The van der Waals surface area contributed by atoms with Gasteiger partial charge in [-0.05, 0) is 36.6 Å². The monoisotopic (exact) mass is 461 g/mol. The summed E-state index contributed by atoms with van der Waals surface area (Å²) in [6.07, 6.45) is 3.53. The van der Waals surface area contributed by atoms with Crippen molar-refractivity contribution in [1.29, 1.82) is 0 Å². The van der Waals surface area contributed by atoms with E-state index in [0.717, 1.165) is 16.0 Å². The molecule has 3 aromatic rings. The smallest absolute Gasteiger partial charge is 0.325 e. The lowest BCUT2D eigenvalue weighted by Crippen LogP contribution is -2.70. The van der Waals surface area contributed by atoms with Gasteiger partial charge in [0.25, 0.3) is 5.91 Å². The van der Waals surface area contributed by atoms with Crippen molar-refractivity contribution in [2.45, 2.75) is 25.4 Å². The molecule has 1 fully saturated rings. The maximum atomic E-state index is 13.5. The highest BCUT2D eigenvalue weighted by molar-refractivity contribution is 6.12. The van der Waals surface area contributed by atoms with E-state index in [4.69, 9.17) is 5.73 Å². The highest BCUT2D eigenvalue weighted by Gasteiger charge is 2.55. The normalized spacial score (nSPS) is 18.2. The number of pyridine rings is 1. The number of nitrogens with one attached hydrogen (secondary N) is 1. The Morgan fingerprint density at radius 3 is 2.59 bits per heavy atom. The van der Waals surface area contributed by atoms with Crippen molar-refractivity contribution in [2.75, 3.05) is 17.7 Å². The van der Waals surface area contributed by atoms with E-state index in [0.29, 0.717) is 11.6 Å². The summed E-state index contributed by atoms with van der Waals surface area (Å²) < 4.78 is 1.58. The first-order valence-electron chi connectivity index (χ1n) is 10.9. The number of carbonyl (C=O) groups excluding carboxylic acids is 3. The number of likely N-dealkylation sites (tertiary alicyclic amines) is 1. The van der Waals surface area contributed by atoms with E-state index in [2.05, 4.69) is 15.4 Å². The minimum absolute atomic E-state index is 0.260. The first-order chi connectivity index (χ1) is 16.3. The predicted octanol–water partition coefficient (Wildman–Crippen LogP) is 1.90. The summed E-state index contributed by atoms with van der Waals surface area (Å²) in [5, 5.41) is 7.10. The molecule has 2 aromatic heterocycles. The van der Waals surface area contributed by atoms with Crippen molar-refractivity contribution in [2.24, 2.45) is 13.0 Å². The first-order valence-corrected chi connectivity index (χ1v) is 10.9. The number of anilines is 2. The molecular formula is C24H27N7O3. The van der Waals surface area contributed by atoms with Gasteiger partial charge in [-0.15, -0.1) is 0 Å². The second-order valence-corrected chi connectivity index (χ2v) is 8.38. The molecule has 10 nitrogen and oxygen atoms in total. The van der Waals surface area contributed by atoms with Crippen LogP contribution in [-0.2, 0) is 23.1 Å². The van der Waals surface area contributed by atoms with Crippen molar-refractivity contribution in [3.63, 3.8) is 0 Å². The molecule has 1 saturated heterocycles. The fraction of sp³-hybridized carbons (Fsp3) is 0.292. The molecule has 0 bridgehead atoms. The molecule has 3 heterocycles. The van der Waals surface area contributed by atoms with E-state index in [1.807, 2.05) is 37.3 Å². The van der Waals surface area contributed by atoms with Crippen LogP contribution in [0.3, 0.4) is 0 Å². The van der Waals surface area contributed by atoms with Gasteiger partial charge >= 0.3 is 6.03 Å². The number of hydrogen-bond donors (Lipinski definition) is 2. The Bertz CT molecular complexity index is 1210. The number of benzene rings is 1. The molecule has 10 heteroatoms. The second kappa shape index (κ2) is 9.34. The average molecular weight is 462 g/mol. The number of aryl methyl sites for hydroxylation is 1. The van der Waals surface area contributed by atoms with Gasteiger partial charge in [0, 0.05) is 32.6 Å². The van der Waals surface area contributed by atoms with Gasteiger partial charge in [-0.25, -0.2) is 9.78 Å². The summed E-state index contributed by atoms with van der Waals surface area (Å²) in [4.78, 5) is 46.1. The largest absolute Gasteiger partial charge is 0.384 e. The third kappa shape index (κ3) is 4.47. The first kappa shape index (κ1) is 23.0. The van der Waals surface area contributed by atoms with Crippen molar-refractivity contribution in [3.05, 3.63) is 72.1 Å². The molecule has 3 atom stereocenters. The van der Waals surface area contributed by atoms with Gasteiger partial charge in [0.2, 0.25) is 5.91 Å². The summed E-state index contributed by atoms with van der Waals surface area (Å²) in [5.41, 5.74) is 7.43. The summed E-state index contributed by atoms with van der Waals surface area (Å²) in [7, 11) is 3.33.